The molecule has 0 atom stereocenters. The molecule has 0 bridgehead atoms. The van der Waals surface area contributed by atoms with Crippen LogP contribution in [0.2, 0.25) is 5.02 Å². The summed E-state index contributed by atoms with van der Waals surface area (Å²) >= 11 is 7.37. The highest BCUT2D eigenvalue weighted by Crippen LogP contribution is 2.29. The van der Waals surface area contributed by atoms with Gasteiger partial charge in [0.1, 0.15) is 5.75 Å². The van der Waals surface area contributed by atoms with Crippen molar-refractivity contribution in [2.45, 2.75) is 24.9 Å². The molecule has 0 fully saturated rings. The fourth-order valence-electron chi connectivity index (χ4n) is 3.42. The summed E-state index contributed by atoms with van der Waals surface area (Å²) in [4.78, 5) is 12.5. The van der Waals surface area contributed by atoms with Crippen LogP contribution in [0.1, 0.15) is 30.9 Å². The minimum Gasteiger partial charge on any atom is -0.497 e. The van der Waals surface area contributed by atoms with E-state index in [4.69, 9.17) is 16.3 Å². The summed E-state index contributed by atoms with van der Waals surface area (Å²) in [6.07, 6.45) is 1.63. The number of ether oxygens (including phenoxy) is 1. The molecule has 1 amide bonds. The van der Waals surface area contributed by atoms with Crippen molar-refractivity contribution >= 4 is 35.5 Å². The van der Waals surface area contributed by atoms with E-state index in [1.165, 1.54) is 17.3 Å². The molecule has 1 N–H and O–H groups in total. The van der Waals surface area contributed by atoms with Gasteiger partial charge in [-0.3, -0.25) is 9.36 Å². The van der Waals surface area contributed by atoms with Crippen LogP contribution in [0, 0.1) is 0 Å². The summed E-state index contributed by atoms with van der Waals surface area (Å²) in [5.74, 6) is 1.74. The number of halogens is 1. The highest BCUT2D eigenvalue weighted by atomic mass is 35.5. The van der Waals surface area contributed by atoms with Gasteiger partial charge in [-0.05, 0) is 65.6 Å². The second kappa shape index (κ2) is 11.9. The van der Waals surface area contributed by atoms with Crippen molar-refractivity contribution in [2.24, 2.45) is 5.10 Å². The number of nitrogens with one attached hydrogen (secondary N) is 1. The van der Waals surface area contributed by atoms with Crippen LogP contribution in [0.3, 0.4) is 0 Å². The summed E-state index contributed by atoms with van der Waals surface area (Å²) in [5.41, 5.74) is 6.45. The quantitative estimate of drug-likeness (QED) is 0.167. The topological polar surface area (TPSA) is 81.4 Å². The molecule has 4 rings (SSSR count). The van der Waals surface area contributed by atoms with E-state index in [1.54, 1.807) is 25.5 Å². The molecule has 184 valence electrons. The third-order valence-electron chi connectivity index (χ3n) is 5.40. The van der Waals surface area contributed by atoms with Gasteiger partial charge in [-0.2, -0.15) is 5.10 Å². The van der Waals surface area contributed by atoms with Crippen molar-refractivity contribution in [3.63, 3.8) is 0 Å². The highest BCUT2D eigenvalue weighted by Gasteiger charge is 2.17. The number of hydrogen-bond donors (Lipinski definition) is 1. The average Bonchev–Trinajstić information content (AvgIpc) is 3.32. The number of carbonyl (C=O) groups is 1. The summed E-state index contributed by atoms with van der Waals surface area (Å²) in [5, 5.41) is 14.0. The van der Waals surface area contributed by atoms with Gasteiger partial charge in [0.15, 0.2) is 11.0 Å². The molecule has 1 aromatic heterocycles. The predicted octanol–water partition coefficient (Wildman–Crippen LogP) is 5.96. The number of amides is 1. The summed E-state index contributed by atoms with van der Waals surface area (Å²) in [6, 6.07) is 23.0. The van der Waals surface area contributed by atoms with Gasteiger partial charge in [-0.15, -0.1) is 10.2 Å². The summed E-state index contributed by atoms with van der Waals surface area (Å²) in [7, 11) is 1.62. The Kier molecular flexibility index (Phi) is 8.40. The molecule has 36 heavy (non-hydrogen) atoms. The number of benzene rings is 3. The van der Waals surface area contributed by atoms with E-state index in [-0.39, 0.29) is 11.7 Å². The van der Waals surface area contributed by atoms with Crippen LogP contribution in [-0.2, 0) is 4.79 Å². The van der Waals surface area contributed by atoms with E-state index < -0.39 is 0 Å². The molecule has 1 heterocycles. The van der Waals surface area contributed by atoms with Gasteiger partial charge in [-0.25, -0.2) is 5.43 Å². The van der Waals surface area contributed by atoms with Crippen molar-refractivity contribution in [1.29, 1.82) is 0 Å². The summed E-state index contributed by atoms with van der Waals surface area (Å²) < 4.78 is 7.16. The third kappa shape index (κ3) is 6.33. The number of aromatic nitrogens is 3. The minimum atomic E-state index is -0.244. The molecule has 4 aromatic rings. The fraction of sp³-hybridized carbons (Fsp3) is 0.185. The third-order valence-corrected chi connectivity index (χ3v) is 6.59. The number of nitrogens with zero attached hydrogens (tertiary/aromatic N) is 4. The van der Waals surface area contributed by atoms with Crippen LogP contribution in [-0.4, -0.2) is 39.7 Å². The maximum absolute atomic E-state index is 12.5. The molecule has 3 aromatic carbocycles. The van der Waals surface area contributed by atoms with Crippen LogP contribution >= 0.6 is 23.4 Å². The number of thioether (sulfide) groups is 1. The molecule has 0 radical (unpaired) electrons. The maximum Gasteiger partial charge on any atom is 0.250 e. The smallest absolute Gasteiger partial charge is 0.250 e. The van der Waals surface area contributed by atoms with Gasteiger partial charge in [0.25, 0.3) is 5.91 Å². The van der Waals surface area contributed by atoms with Gasteiger partial charge in [0, 0.05) is 16.3 Å². The van der Waals surface area contributed by atoms with Crippen LogP contribution in [0.4, 0.5) is 0 Å². The Labute approximate surface area is 219 Å². The first-order valence-corrected chi connectivity index (χ1v) is 12.7. The van der Waals surface area contributed by atoms with Gasteiger partial charge in [0.05, 0.1) is 19.1 Å². The van der Waals surface area contributed by atoms with Crippen molar-refractivity contribution in [3.8, 4) is 22.8 Å². The number of carbonyl (C=O) groups excluding carboxylic acids is 1. The zero-order chi connectivity index (χ0) is 25.5. The van der Waals surface area contributed by atoms with Gasteiger partial charge in [-0.1, -0.05) is 61.5 Å². The monoisotopic (exact) mass is 519 g/mol. The Morgan fingerprint density at radius 1 is 1.06 bits per heavy atom. The van der Waals surface area contributed by atoms with Crippen LogP contribution in [0.15, 0.2) is 83.1 Å². The Morgan fingerprint density at radius 2 is 1.75 bits per heavy atom. The molecule has 0 saturated heterocycles. The first-order chi connectivity index (χ1) is 17.4. The van der Waals surface area contributed by atoms with Gasteiger partial charge in [0.2, 0.25) is 0 Å². The van der Waals surface area contributed by atoms with E-state index in [1.807, 2.05) is 53.1 Å². The van der Waals surface area contributed by atoms with Crippen LogP contribution in [0.25, 0.3) is 17.1 Å². The first-order valence-electron chi connectivity index (χ1n) is 11.3. The molecule has 0 aliphatic rings. The summed E-state index contributed by atoms with van der Waals surface area (Å²) in [6.45, 7) is 4.30. The minimum absolute atomic E-state index is 0.123. The largest absolute Gasteiger partial charge is 0.497 e. The maximum atomic E-state index is 12.5. The lowest BCUT2D eigenvalue weighted by Crippen LogP contribution is -2.20. The van der Waals surface area contributed by atoms with Crippen molar-refractivity contribution in [3.05, 3.63) is 88.9 Å². The standard InChI is InChI=1S/C27H26ClN5O2S/c1-18(2)20-6-4-19(5-7-20)16-29-30-25(34)17-36-27-32-31-26(21-8-14-24(35-3)15-9-21)33(27)23-12-10-22(28)11-13-23/h4-16,18H,17H2,1-3H3,(H,30,34). The lowest BCUT2D eigenvalue weighted by Gasteiger charge is -2.11. The number of rotatable bonds is 9. The zero-order valence-corrected chi connectivity index (χ0v) is 21.8. The molecular weight excluding hydrogens is 494 g/mol. The number of methoxy groups -OCH3 is 1. The molecule has 7 nitrogen and oxygen atoms in total. The Morgan fingerprint density at radius 3 is 2.39 bits per heavy atom. The average molecular weight is 520 g/mol. The molecule has 0 saturated carbocycles. The second-order valence-corrected chi connectivity index (χ2v) is 9.63. The fourth-order valence-corrected chi connectivity index (χ4v) is 4.29. The van der Waals surface area contributed by atoms with E-state index in [0.29, 0.717) is 21.9 Å². The van der Waals surface area contributed by atoms with Crippen molar-refractivity contribution < 1.29 is 9.53 Å². The first kappa shape index (κ1) is 25.5. The molecule has 0 unspecified atom stereocenters. The predicted molar refractivity (Wildman–Crippen MR) is 145 cm³/mol. The van der Waals surface area contributed by atoms with Gasteiger partial charge < -0.3 is 4.74 Å². The van der Waals surface area contributed by atoms with E-state index in [2.05, 4.69) is 46.7 Å². The number of hydrazone groups is 1. The van der Waals surface area contributed by atoms with Crippen LogP contribution < -0.4 is 10.2 Å². The lowest BCUT2D eigenvalue weighted by molar-refractivity contribution is -0.118. The van der Waals surface area contributed by atoms with Gasteiger partial charge >= 0.3 is 0 Å². The van der Waals surface area contributed by atoms with E-state index >= 15 is 0 Å². The highest BCUT2D eigenvalue weighted by molar-refractivity contribution is 7.99. The van der Waals surface area contributed by atoms with Crippen LogP contribution in [0.5, 0.6) is 5.75 Å². The Bertz CT molecular complexity index is 1330. The molecule has 0 aliphatic heterocycles. The SMILES string of the molecule is COc1ccc(-c2nnc(SCC(=O)NN=Cc3ccc(C(C)C)cc3)n2-c2ccc(Cl)cc2)cc1. The zero-order valence-electron chi connectivity index (χ0n) is 20.2. The number of hydrogen-bond acceptors (Lipinski definition) is 6. The van der Waals surface area contributed by atoms with E-state index in [9.17, 15) is 4.79 Å². The van der Waals surface area contributed by atoms with Crippen molar-refractivity contribution in [2.75, 3.05) is 12.9 Å². The normalized spacial score (nSPS) is 11.2. The Hall–Kier alpha value is -3.62. The molecule has 0 aliphatic carbocycles. The van der Waals surface area contributed by atoms with E-state index in [0.717, 1.165) is 22.6 Å². The lowest BCUT2D eigenvalue weighted by atomic mass is 10.0. The Balaban J connectivity index is 1.47. The molecule has 9 heteroatoms. The molecular formula is C27H26ClN5O2S. The second-order valence-electron chi connectivity index (χ2n) is 8.25. The molecule has 0 spiro atoms. The van der Waals surface area contributed by atoms with Crippen molar-refractivity contribution in [1.82, 2.24) is 20.2 Å².